The van der Waals surface area contributed by atoms with Crippen LogP contribution in [0.5, 0.6) is 0 Å². The van der Waals surface area contributed by atoms with Crippen molar-refractivity contribution >= 4 is 5.91 Å². The van der Waals surface area contributed by atoms with Gasteiger partial charge in [0.1, 0.15) is 0 Å². The molecule has 1 amide bonds. The van der Waals surface area contributed by atoms with Crippen LogP contribution < -0.4 is 5.73 Å². The second-order valence-electron chi connectivity index (χ2n) is 5.08. The first-order valence-electron chi connectivity index (χ1n) is 6.79. The van der Waals surface area contributed by atoms with E-state index in [1.165, 1.54) is 6.42 Å². The Labute approximate surface area is 110 Å². The molecular weight excluding hydrogens is 228 g/mol. The monoisotopic (exact) mass is 254 g/mol. The predicted molar refractivity (Wildman–Crippen MR) is 73.2 cm³/mol. The minimum atomic E-state index is -0.338. The molecule has 0 radical (unpaired) electrons. The van der Waals surface area contributed by atoms with Crippen LogP contribution in [0.3, 0.4) is 0 Å². The summed E-state index contributed by atoms with van der Waals surface area (Å²) in [6, 6.07) is 0. The lowest BCUT2D eigenvalue weighted by Crippen LogP contribution is -2.50. The van der Waals surface area contributed by atoms with Gasteiger partial charge in [0.15, 0.2) is 0 Å². The topological polar surface area (TPSA) is 55.6 Å². The van der Waals surface area contributed by atoms with Crippen LogP contribution in [0, 0.1) is 5.41 Å². The minimum absolute atomic E-state index is 0.182. The molecule has 4 heteroatoms. The van der Waals surface area contributed by atoms with Crippen molar-refractivity contribution in [2.24, 2.45) is 11.1 Å². The van der Waals surface area contributed by atoms with Crippen molar-refractivity contribution < 1.29 is 9.53 Å². The normalized spacial score (nSPS) is 18.3. The predicted octanol–water partition coefficient (Wildman–Crippen LogP) is 1.56. The summed E-state index contributed by atoms with van der Waals surface area (Å²) in [5, 5.41) is 0. The number of carbonyl (C=O) groups is 1. The van der Waals surface area contributed by atoms with Gasteiger partial charge in [-0.2, -0.15) is 0 Å². The largest absolute Gasteiger partial charge is 0.383 e. The van der Waals surface area contributed by atoms with Gasteiger partial charge in [0, 0.05) is 26.7 Å². The average molecular weight is 254 g/mol. The van der Waals surface area contributed by atoms with E-state index in [2.05, 4.69) is 6.58 Å². The Morgan fingerprint density at radius 2 is 2.11 bits per heavy atom. The van der Waals surface area contributed by atoms with E-state index in [1.54, 1.807) is 13.2 Å². The molecule has 1 fully saturated rings. The number of hydrogen-bond donors (Lipinski definition) is 1. The van der Waals surface area contributed by atoms with Crippen molar-refractivity contribution in [1.29, 1.82) is 0 Å². The second-order valence-corrected chi connectivity index (χ2v) is 5.08. The third-order valence-corrected chi connectivity index (χ3v) is 3.86. The second kappa shape index (κ2) is 7.54. The Kier molecular flexibility index (Phi) is 6.36. The first-order chi connectivity index (χ1) is 8.70. The van der Waals surface area contributed by atoms with Crippen LogP contribution in [-0.4, -0.2) is 44.2 Å². The zero-order chi connectivity index (χ0) is 13.4. The van der Waals surface area contributed by atoms with Gasteiger partial charge in [-0.05, 0) is 12.8 Å². The Morgan fingerprint density at radius 1 is 1.44 bits per heavy atom. The summed E-state index contributed by atoms with van der Waals surface area (Å²) in [5.41, 5.74) is 5.56. The van der Waals surface area contributed by atoms with Gasteiger partial charge in [-0.15, -0.1) is 6.58 Å². The average Bonchev–Trinajstić information content (AvgIpc) is 2.43. The quantitative estimate of drug-likeness (QED) is 0.701. The number of ether oxygens (including phenoxy) is 1. The van der Waals surface area contributed by atoms with Gasteiger partial charge >= 0.3 is 0 Å². The Balaban J connectivity index is 2.74. The molecule has 0 aliphatic heterocycles. The van der Waals surface area contributed by atoms with Gasteiger partial charge in [0.2, 0.25) is 5.91 Å². The SMILES string of the molecule is C=CCN(CCOC)C(=O)C1(CN)CCCCC1. The number of amides is 1. The summed E-state index contributed by atoms with van der Waals surface area (Å²) in [5.74, 6) is 0.182. The fourth-order valence-corrected chi connectivity index (χ4v) is 2.70. The maximum Gasteiger partial charge on any atom is 0.230 e. The number of hydrogen-bond acceptors (Lipinski definition) is 3. The van der Waals surface area contributed by atoms with Gasteiger partial charge in [-0.25, -0.2) is 0 Å². The molecule has 18 heavy (non-hydrogen) atoms. The molecule has 0 aromatic heterocycles. The molecule has 0 bridgehead atoms. The zero-order valence-electron chi connectivity index (χ0n) is 11.5. The number of nitrogens with zero attached hydrogens (tertiary/aromatic N) is 1. The van der Waals surface area contributed by atoms with Gasteiger partial charge in [-0.3, -0.25) is 4.79 Å². The third-order valence-electron chi connectivity index (χ3n) is 3.86. The van der Waals surface area contributed by atoms with Crippen LogP contribution in [0.2, 0.25) is 0 Å². The highest BCUT2D eigenvalue weighted by Crippen LogP contribution is 2.37. The fraction of sp³-hybridized carbons (Fsp3) is 0.786. The zero-order valence-corrected chi connectivity index (χ0v) is 11.5. The molecule has 1 aliphatic rings. The van der Waals surface area contributed by atoms with Crippen molar-refractivity contribution in [3.8, 4) is 0 Å². The van der Waals surface area contributed by atoms with E-state index in [0.717, 1.165) is 25.7 Å². The molecule has 0 atom stereocenters. The Hall–Kier alpha value is -0.870. The van der Waals surface area contributed by atoms with E-state index in [-0.39, 0.29) is 11.3 Å². The van der Waals surface area contributed by atoms with E-state index < -0.39 is 0 Å². The van der Waals surface area contributed by atoms with Crippen molar-refractivity contribution in [2.45, 2.75) is 32.1 Å². The lowest BCUT2D eigenvalue weighted by Gasteiger charge is -2.38. The van der Waals surface area contributed by atoms with E-state index >= 15 is 0 Å². The molecule has 1 rings (SSSR count). The Morgan fingerprint density at radius 3 is 2.61 bits per heavy atom. The lowest BCUT2D eigenvalue weighted by atomic mass is 9.73. The Bertz CT molecular complexity index is 273. The summed E-state index contributed by atoms with van der Waals surface area (Å²) in [4.78, 5) is 14.5. The van der Waals surface area contributed by atoms with Gasteiger partial charge in [0.05, 0.1) is 12.0 Å². The molecule has 0 aromatic rings. The fourth-order valence-electron chi connectivity index (χ4n) is 2.70. The molecule has 0 spiro atoms. The van der Waals surface area contributed by atoms with E-state index in [4.69, 9.17) is 10.5 Å². The molecule has 4 nitrogen and oxygen atoms in total. The minimum Gasteiger partial charge on any atom is -0.383 e. The van der Waals surface area contributed by atoms with Crippen molar-refractivity contribution in [1.82, 2.24) is 4.90 Å². The molecule has 2 N–H and O–H groups in total. The van der Waals surface area contributed by atoms with Gasteiger partial charge in [-0.1, -0.05) is 25.3 Å². The van der Waals surface area contributed by atoms with Crippen LogP contribution in [0.15, 0.2) is 12.7 Å². The number of methoxy groups -OCH3 is 1. The van der Waals surface area contributed by atoms with Gasteiger partial charge in [0.25, 0.3) is 0 Å². The number of carbonyl (C=O) groups excluding carboxylic acids is 1. The lowest BCUT2D eigenvalue weighted by molar-refractivity contribution is -0.143. The van der Waals surface area contributed by atoms with Crippen molar-refractivity contribution in [3.05, 3.63) is 12.7 Å². The molecule has 104 valence electrons. The smallest absolute Gasteiger partial charge is 0.230 e. The summed E-state index contributed by atoms with van der Waals surface area (Å²) in [7, 11) is 1.65. The molecule has 1 aliphatic carbocycles. The first kappa shape index (κ1) is 15.2. The number of nitrogens with two attached hydrogens (primary N) is 1. The molecule has 0 aromatic carbocycles. The molecule has 1 saturated carbocycles. The van der Waals surface area contributed by atoms with Gasteiger partial charge < -0.3 is 15.4 Å². The summed E-state index contributed by atoms with van der Waals surface area (Å²) < 4.78 is 5.06. The maximum atomic E-state index is 12.7. The standard InChI is InChI=1S/C14H26N2O2/c1-3-9-16(10-11-18-2)13(17)14(12-15)7-5-4-6-8-14/h3H,1,4-12,15H2,2H3. The molecule has 0 saturated heterocycles. The van der Waals surface area contributed by atoms with Crippen LogP contribution in [0.4, 0.5) is 0 Å². The molecule has 0 unspecified atom stereocenters. The van der Waals surface area contributed by atoms with E-state index in [0.29, 0.717) is 26.2 Å². The van der Waals surface area contributed by atoms with E-state index in [1.807, 2.05) is 4.90 Å². The van der Waals surface area contributed by atoms with E-state index in [9.17, 15) is 4.79 Å². The van der Waals surface area contributed by atoms with Crippen molar-refractivity contribution in [3.63, 3.8) is 0 Å². The van der Waals surface area contributed by atoms with Crippen LogP contribution in [0.1, 0.15) is 32.1 Å². The third kappa shape index (κ3) is 3.56. The highest BCUT2D eigenvalue weighted by molar-refractivity contribution is 5.83. The summed E-state index contributed by atoms with van der Waals surface area (Å²) in [6.07, 6.45) is 7.03. The van der Waals surface area contributed by atoms with Crippen LogP contribution >= 0.6 is 0 Å². The highest BCUT2D eigenvalue weighted by Gasteiger charge is 2.40. The van der Waals surface area contributed by atoms with Crippen LogP contribution in [-0.2, 0) is 9.53 Å². The first-order valence-corrected chi connectivity index (χ1v) is 6.79. The highest BCUT2D eigenvalue weighted by atomic mass is 16.5. The van der Waals surface area contributed by atoms with Crippen LogP contribution in [0.25, 0.3) is 0 Å². The number of rotatable bonds is 7. The molecular formula is C14H26N2O2. The summed E-state index contributed by atoms with van der Waals surface area (Å²) in [6.45, 7) is 5.91. The summed E-state index contributed by atoms with van der Waals surface area (Å²) >= 11 is 0. The molecule has 0 heterocycles. The van der Waals surface area contributed by atoms with Crippen molar-refractivity contribution in [2.75, 3.05) is 33.4 Å². The maximum absolute atomic E-state index is 12.7.